The Morgan fingerprint density at radius 3 is 0.777 bits per heavy atom. The highest BCUT2D eigenvalue weighted by atomic mass is 16.7. The van der Waals surface area contributed by atoms with Crippen LogP contribution in [0.25, 0.3) is 0 Å². The highest BCUT2D eigenvalue weighted by molar-refractivity contribution is 5.71. The molecule has 0 aromatic rings. The van der Waals surface area contributed by atoms with Gasteiger partial charge < -0.3 is 28.5 Å². The van der Waals surface area contributed by atoms with Gasteiger partial charge in [0.2, 0.25) is 0 Å². The number of unbranched alkanes of at least 4 members (excludes halogenated alkanes) is 40. The highest BCUT2D eigenvalue weighted by Gasteiger charge is 2.25. The minimum absolute atomic E-state index is 0.182. The second kappa shape index (κ2) is 82.8. The van der Waals surface area contributed by atoms with Gasteiger partial charge in [0.05, 0.1) is 34.4 Å². The maximum Gasteiger partial charge on any atom is 0.361 e. The van der Waals surface area contributed by atoms with E-state index in [1.54, 1.807) is 0 Å². The second-order valence-electron chi connectivity index (χ2n) is 29.7. The van der Waals surface area contributed by atoms with Crippen LogP contribution in [0.3, 0.4) is 0 Å². The van der Waals surface area contributed by atoms with E-state index in [1.165, 1.54) is 231 Å². The average Bonchev–Trinajstić information content (AvgIpc) is 1.01. The van der Waals surface area contributed by atoms with Crippen LogP contribution in [0.1, 0.15) is 373 Å². The second-order valence-corrected chi connectivity index (χ2v) is 29.7. The summed E-state index contributed by atoms with van der Waals surface area (Å²) < 4.78 is 23.1. The number of aliphatic carboxylic acids is 1. The van der Waals surface area contributed by atoms with E-state index in [0.717, 1.165) is 116 Å². The van der Waals surface area contributed by atoms with Crippen LogP contribution >= 0.6 is 0 Å². The number of rotatable bonds is 79. The van der Waals surface area contributed by atoms with Crippen LogP contribution in [0.5, 0.6) is 0 Å². The van der Waals surface area contributed by atoms with E-state index in [2.05, 4.69) is 160 Å². The molecule has 0 heterocycles. The van der Waals surface area contributed by atoms with Gasteiger partial charge in [-0.15, -0.1) is 0 Å². The number of carbonyl (C=O) groups is 3. The third-order valence-electron chi connectivity index (χ3n) is 18.6. The molecular weight excluding hydrogens is 1270 g/mol. The SMILES string of the molecule is CC/C=C\C/C=C\C/C=C\C/C=C\C/C=C\C/C=C\CCCCCCCCCCCCCCCCCCCCCCCCC(=O)OC(COC(=O)CCCCCCCCCCCCCCCCCCCC/C=C\C/C=C\C/C=C\C/C=C\C/C=C\C/C=C\CC)COC(OCC[N+](C)(C)C)C(=O)O. The predicted octanol–water partition coefficient (Wildman–Crippen LogP) is 28.2. The zero-order valence-corrected chi connectivity index (χ0v) is 67.7. The van der Waals surface area contributed by atoms with E-state index in [1.807, 2.05) is 21.1 Å². The Morgan fingerprint density at radius 2 is 0.524 bits per heavy atom. The van der Waals surface area contributed by atoms with Crippen molar-refractivity contribution in [2.24, 2.45) is 0 Å². The van der Waals surface area contributed by atoms with Crippen LogP contribution in [0.2, 0.25) is 0 Å². The number of carboxylic acid groups (broad SMARTS) is 1. The number of hydrogen-bond acceptors (Lipinski definition) is 7. The lowest BCUT2D eigenvalue weighted by atomic mass is 10.0. The van der Waals surface area contributed by atoms with Crippen LogP contribution in [0.4, 0.5) is 0 Å². The molecule has 103 heavy (non-hydrogen) atoms. The maximum absolute atomic E-state index is 13.0. The van der Waals surface area contributed by atoms with Crippen molar-refractivity contribution in [3.8, 4) is 0 Å². The van der Waals surface area contributed by atoms with E-state index in [-0.39, 0.29) is 38.2 Å². The van der Waals surface area contributed by atoms with Gasteiger partial charge in [0, 0.05) is 12.8 Å². The fourth-order valence-corrected chi connectivity index (χ4v) is 12.1. The minimum atomic E-state index is -1.52. The standard InChI is InChI=1S/C94H161NO8/c1-6-8-10-12-14-16-18-20-22-24-26-28-30-32-34-36-38-40-42-44-45-46-47-49-51-53-55-57-59-61-63-65-67-69-71-73-75-77-79-81-83-85-92(97)103-90(89-102-94(93(98)99)100-87-86-95(3,4)5)88-101-91(96)84-82-80-78-76-74-72-70-68-66-64-62-60-58-56-54-52-50-48-43-41-39-37-35-33-31-29-27-25-23-21-19-17-15-13-11-9-7-2/h8-11,14-17,20-23,26-29,32-35,38-41,90,94H,6-7,12-13,18-19,24-25,30-31,36-37,42-89H2,1-5H3/p+1/b10-8-,11-9-,16-14-,17-15-,22-20-,23-21-,28-26-,29-27-,34-32-,35-33-,40-38-,41-39-. The number of quaternary nitrogens is 1. The van der Waals surface area contributed by atoms with Crippen molar-refractivity contribution in [2.75, 3.05) is 47.5 Å². The van der Waals surface area contributed by atoms with Gasteiger partial charge in [-0.05, 0) is 116 Å². The van der Waals surface area contributed by atoms with Crippen LogP contribution < -0.4 is 0 Å². The first kappa shape index (κ1) is 98.2. The first-order chi connectivity index (χ1) is 50.6. The molecule has 0 spiro atoms. The van der Waals surface area contributed by atoms with Crippen molar-refractivity contribution in [1.82, 2.24) is 0 Å². The Hall–Kier alpha value is -4.83. The summed E-state index contributed by atoms with van der Waals surface area (Å²) in [5.41, 5.74) is 0. The van der Waals surface area contributed by atoms with Gasteiger partial charge in [0.1, 0.15) is 13.2 Å². The Kier molecular flexibility index (Phi) is 78.9. The third-order valence-corrected chi connectivity index (χ3v) is 18.6. The number of likely N-dealkylation sites (N-methyl/N-ethyl adjacent to an activating group) is 1. The molecule has 9 nitrogen and oxygen atoms in total. The zero-order chi connectivity index (χ0) is 74.6. The van der Waals surface area contributed by atoms with Gasteiger partial charge in [-0.25, -0.2) is 4.79 Å². The van der Waals surface area contributed by atoms with Gasteiger partial charge in [0.25, 0.3) is 6.29 Å². The molecular formula is C94H162NO8+. The van der Waals surface area contributed by atoms with E-state index < -0.39 is 18.4 Å². The van der Waals surface area contributed by atoms with Crippen molar-refractivity contribution in [1.29, 1.82) is 0 Å². The number of hydrogen-bond donors (Lipinski definition) is 1. The number of carbonyl (C=O) groups excluding carboxylic acids is 2. The van der Waals surface area contributed by atoms with Gasteiger partial charge >= 0.3 is 17.9 Å². The molecule has 0 aromatic carbocycles. The van der Waals surface area contributed by atoms with Gasteiger partial charge in [-0.1, -0.05) is 391 Å². The van der Waals surface area contributed by atoms with Crippen molar-refractivity contribution < 1.29 is 42.9 Å². The Balaban J connectivity index is 3.97. The highest BCUT2D eigenvalue weighted by Crippen LogP contribution is 2.19. The molecule has 2 atom stereocenters. The average molecular weight is 1430 g/mol. The quantitative estimate of drug-likeness (QED) is 0.0211. The minimum Gasteiger partial charge on any atom is -0.477 e. The van der Waals surface area contributed by atoms with Crippen LogP contribution in [-0.4, -0.2) is 87.4 Å². The number of ether oxygens (including phenoxy) is 4. The zero-order valence-electron chi connectivity index (χ0n) is 67.7. The number of esters is 2. The summed E-state index contributed by atoms with van der Waals surface area (Å²) in [4.78, 5) is 37.8. The summed E-state index contributed by atoms with van der Waals surface area (Å²) in [6, 6.07) is 0. The topological polar surface area (TPSA) is 108 Å². The fraction of sp³-hybridized carbons (Fsp3) is 0.713. The largest absolute Gasteiger partial charge is 0.477 e. The first-order valence-electron chi connectivity index (χ1n) is 43.0. The predicted molar refractivity (Wildman–Crippen MR) is 447 cm³/mol. The van der Waals surface area contributed by atoms with Crippen molar-refractivity contribution in [3.63, 3.8) is 0 Å². The van der Waals surface area contributed by atoms with Crippen molar-refractivity contribution in [2.45, 2.75) is 386 Å². The van der Waals surface area contributed by atoms with E-state index in [9.17, 15) is 19.5 Å². The molecule has 0 saturated heterocycles. The first-order valence-corrected chi connectivity index (χ1v) is 43.0. The van der Waals surface area contributed by atoms with Crippen LogP contribution in [0.15, 0.2) is 146 Å². The molecule has 1 N–H and O–H groups in total. The van der Waals surface area contributed by atoms with Crippen molar-refractivity contribution in [3.05, 3.63) is 146 Å². The summed E-state index contributed by atoms with van der Waals surface area (Å²) in [7, 11) is 5.99. The lowest BCUT2D eigenvalue weighted by Crippen LogP contribution is -2.40. The molecule has 0 rings (SSSR count). The molecule has 9 heteroatoms. The molecule has 0 amide bonds. The molecule has 0 aliphatic rings. The fourth-order valence-electron chi connectivity index (χ4n) is 12.1. The van der Waals surface area contributed by atoms with Crippen molar-refractivity contribution >= 4 is 17.9 Å². The van der Waals surface area contributed by atoms with Gasteiger partial charge in [0.15, 0.2) is 6.10 Å². The Labute approximate surface area is 636 Å². The Morgan fingerprint density at radius 1 is 0.291 bits per heavy atom. The molecule has 590 valence electrons. The molecule has 0 aliphatic heterocycles. The molecule has 0 saturated carbocycles. The Bertz CT molecular complexity index is 2220. The normalized spacial score (nSPS) is 13.4. The monoisotopic (exact) mass is 1430 g/mol. The number of allylic oxidation sites excluding steroid dienone is 24. The number of carboxylic acids is 1. The van der Waals surface area contributed by atoms with E-state index in [4.69, 9.17) is 18.9 Å². The molecule has 0 aliphatic carbocycles. The summed E-state index contributed by atoms with van der Waals surface area (Å²) in [5, 5.41) is 9.79. The molecule has 0 fully saturated rings. The summed E-state index contributed by atoms with van der Waals surface area (Å²) in [6.07, 6.45) is 119. The third kappa shape index (κ3) is 84.3. The summed E-state index contributed by atoms with van der Waals surface area (Å²) in [5.74, 6) is -1.99. The smallest absolute Gasteiger partial charge is 0.361 e. The van der Waals surface area contributed by atoms with Crippen LogP contribution in [-0.2, 0) is 33.3 Å². The molecule has 0 bridgehead atoms. The molecule has 2 unspecified atom stereocenters. The van der Waals surface area contributed by atoms with Gasteiger partial charge in [-0.2, -0.15) is 0 Å². The maximum atomic E-state index is 13.0. The lowest BCUT2D eigenvalue weighted by Gasteiger charge is -2.25. The van der Waals surface area contributed by atoms with E-state index in [0.29, 0.717) is 17.4 Å². The van der Waals surface area contributed by atoms with Gasteiger partial charge in [-0.3, -0.25) is 9.59 Å². The number of nitrogens with zero attached hydrogens (tertiary/aromatic N) is 1. The molecule has 0 radical (unpaired) electrons. The lowest BCUT2D eigenvalue weighted by molar-refractivity contribution is -0.870. The summed E-state index contributed by atoms with van der Waals surface area (Å²) >= 11 is 0. The summed E-state index contributed by atoms with van der Waals surface area (Å²) in [6.45, 7) is 4.69. The molecule has 0 aromatic heterocycles. The van der Waals surface area contributed by atoms with Crippen LogP contribution in [0, 0.1) is 0 Å². The van der Waals surface area contributed by atoms with E-state index >= 15 is 0 Å².